The van der Waals surface area contributed by atoms with Crippen molar-refractivity contribution in [3.8, 4) is 0 Å². The number of hydrogen-bond acceptors (Lipinski definition) is 4. The van der Waals surface area contributed by atoms with Gasteiger partial charge < -0.3 is 14.8 Å². The lowest BCUT2D eigenvalue weighted by Gasteiger charge is -2.26. The molecule has 2 aliphatic rings. The average Bonchev–Trinajstić information content (AvgIpc) is 3.42. The Balaban J connectivity index is 1.27. The number of rotatable bonds is 4. The number of hydrogen-bond donors (Lipinski definition) is 1. The van der Waals surface area contributed by atoms with Crippen molar-refractivity contribution < 1.29 is 4.79 Å². The molecule has 1 amide bonds. The van der Waals surface area contributed by atoms with Gasteiger partial charge in [-0.2, -0.15) is 0 Å². The molecule has 0 bridgehead atoms. The molecule has 1 saturated heterocycles. The summed E-state index contributed by atoms with van der Waals surface area (Å²) in [6, 6.07) is 8.44. The van der Waals surface area contributed by atoms with Crippen LogP contribution in [0.4, 0.5) is 5.82 Å². The lowest BCUT2D eigenvalue weighted by atomic mass is 9.91. The normalized spacial score (nSPS) is 18.8. The third-order valence-electron chi connectivity index (χ3n) is 6.22. The molecule has 150 valence electrons. The van der Waals surface area contributed by atoms with Gasteiger partial charge in [-0.15, -0.1) is 0 Å². The van der Waals surface area contributed by atoms with Crippen molar-refractivity contribution in [2.24, 2.45) is 0 Å². The Morgan fingerprint density at radius 1 is 1.24 bits per heavy atom. The first-order valence-corrected chi connectivity index (χ1v) is 10.7. The molecule has 1 atom stereocenters. The van der Waals surface area contributed by atoms with Gasteiger partial charge in [0, 0.05) is 49.1 Å². The summed E-state index contributed by atoms with van der Waals surface area (Å²) >= 11 is 0. The predicted octanol–water partition coefficient (Wildman–Crippen LogP) is 3.34. The number of pyridine rings is 2. The molecular weight excluding hydrogens is 362 g/mol. The van der Waals surface area contributed by atoms with Gasteiger partial charge in [-0.3, -0.25) is 4.79 Å². The molecule has 1 N–H and O–H groups in total. The van der Waals surface area contributed by atoms with Crippen molar-refractivity contribution in [3.05, 3.63) is 53.5 Å². The molecule has 3 aromatic heterocycles. The third-order valence-corrected chi connectivity index (χ3v) is 6.22. The minimum Gasteiger partial charge on any atom is -0.357 e. The van der Waals surface area contributed by atoms with E-state index < -0.39 is 0 Å². The van der Waals surface area contributed by atoms with Crippen LogP contribution < -0.4 is 10.2 Å². The molecule has 1 aliphatic carbocycles. The number of carbonyl (C=O) groups excluding carboxylic acids is 1. The zero-order valence-electron chi connectivity index (χ0n) is 16.9. The van der Waals surface area contributed by atoms with Gasteiger partial charge in [-0.05, 0) is 62.8 Å². The van der Waals surface area contributed by atoms with Crippen molar-refractivity contribution in [3.63, 3.8) is 0 Å². The minimum atomic E-state index is -0.0428. The number of carbonyl (C=O) groups is 1. The van der Waals surface area contributed by atoms with E-state index in [1.807, 2.05) is 18.3 Å². The first-order valence-electron chi connectivity index (χ1n) is 10.7. The summed E-state index contributed by atoms with van der Waals surface area (Å²) in [7, 11) is 0. The van der Waals surface area contributed by atoms with Crippen LogP contribution in [0.1, 0.15) is 47.8 Å². The quantitative estimate of drug-likeness (QED) is 0.743. The van der Waals surface area contributed by atoms with Crippen molar-refractivity contribution in [2.45, 2.75) is 51.6 Å². The van der Waals surface area contributed by atoms with Crippen LogP contribution in [-0.2, 0) is 19.4 Å². The zero-order chi connectivity index (χ0) is 19.8. The molecule has 5 rings (SSSR count). The Morgan fingerprint density at radius 2 is 2.10 bits per heavy atom. The molecule has 1 fully saturated rings. The number of amides is 1. The van der Waals surface area contributed by atoms with Gasteiger partial charge >= 0.3 is 0 Å². The summed E-state index contributed by atoms with van der Waals surface area (Å²) in [5.74, 6) is 1.07. The Kier molecular flexibility index (Phi) is 4.70. The first-order chi connectivity index (χ1) is 14.2. The molecule has 6 heteroatoms. The third kappa shape index (κ3) is 3.48. The highest BCUT2D eigenvalue weighted by atomic mass is 16.1. The van der Waals surface area contributed by atoms with E-state index in [0.29, 0.717) is 5.56 Å². The van der Waals surface area contributed by atoms with Crippen molar-refractivity contribution in [2.75, 3.05) is 18.0 Å². The largest absolute Gasteiger partial charge is 0.357 e. The molecule has 1 unspecified atom stereocenters. The monoisotopic (exact) mass is 389 g/mol. The van der Waals surface area contributed by atoms with Crippen molar-refractivity contribution in [1.82, 2.24) is 19.9 Å². The Hall–Kier alpha value is -2.89. The Bertz CT molecular complexity index is 1050. The standard InChI is InChI=1S/C23H27N5O/c1-2-27-12-9-17-13-18(15-24-22(17)27)23(29)25-19-6-7-20-16(14-19)5-8-21(26-20)28-10-3-4-11-28/h5,8-9,12-13,15,19H,2-4,6-7,10-11,14H2,1H3,(H,25,29). The van der Waals surface area contributed by atoms with E-state index in [1.165, 1.54) is 24.1 Å². The number of nitrogens with zero attached hydrogens (tertiary/aromatic N) is 4. The second-order valence-electron chi connectivity index (χ2n) is 8.12. The summed E-state index contributed by atoms with van der Waals surface area (Å²) in [6.07, 6.45) is 8.91. The van der Waals surface area contributed by atoms with Crippen LogP contribution in [0.15, 0.2) is 36.7 Å². The fourth-order valence-electron chi connectivity index (χ4n) is 4.57. The fraction of sp³-hybridized carbons (Fsp3) is 0.435. The zero-order valence-corrected chi connectivity index (χ0v) is 16.9. The first kappa shape index (κ1) is 18.2. The van der Waals surface area contributed by atoms with Gasteiger partial charge in [-0.1, -0.05) is 6.07 Å². The van der Waals surface area contributed by atoms with Crippen LogP contribution >= 0.6 is 0 Å². The smallest absolute Gasteiger partial charge is 0.253 e. The second-order valence-corrected chi connectivity index (χ2v) is 8.12. The van der Waals surface area contributed by atoms with Crippen LogP contribution in [0.2, 0.25) is 0 Å². The molecule has 3 aromatic rings. The maximum absolute atomic E-state index is 12.8. The number of fused-ring (bicyclic) bond motifs is 2. The lowest BCUT2D eigenvalue weighted by Crippen LogP contribution is -2.39. The van der Waals surface area contributed by atoms with Crippen LogP contribution in [0.25, 0.3) is 11.0 Å². The topological polar surface area (TPSA) is 63.1 Å². The predicted molar refractivity (Wildman–Crippen MR) is 114 cm³/mol. The van der Waals surface area contributed by atoms with Gasteiger partial charge in [0.2, 0.25) is 0 Å². The Morgan fingerprint density at radius 3 is 2.93 bits per heavy atom. The molecule has 0 saturated carbocycles. The highest BCUT2D eigenvalue weighted by molar-refractivity contribution is 5.97. The maximum atomic E-state index is 12.8. The average molecular weight is 390 g/mol. The number of aryl methyl sites for hydroxylation is 2. The number of anilines is 1. The van der Waals surface area contributed by atoms with Gasteiger partial charge in [-0.25, -0.2) is 9.97 Å². The molecule has 0 spiro atoms. The van der Waals surface area contributed by atoms with E-state index in [4.69, 9.17) is 4.98 Å². The van der Waals surface area contributed by atoms with E-state index in [9.17, 15) is 4.79 Å². The fourth-order valence-corrected chi connectivity index (χ4v) is 4.57. The highest BCUT2D eigenvalue weighted by Crippen LogP contribution is 2.25. The van der Waals surface area contributed by atoms with Crippen LogP contribution in [0.3, 0.4) is 0 Å². The van der Waals surface area contributed by atoms with E-state index in [0.717, 1.165) is 55.7 Å². The van der Waals surface area contributed by atoms with Crippen molar-refractivity contribution >= 4 is 22.8 Å². The highest BCUT2D eigenvalue weighted by Gasteiger charge is 2.23. The van der Waals surface area contributed by atoms with E-state index in [-0.39, 0.29) is 11.9 Å². The summed E-state index contributed by atoms with van der Waals surface area (Å²) in [5.41, 5.74) is 4.01. The van der Waals surface area contributed by atoms with Crippen LogP contribution in [0.5, 0.6) is 0 Å². The van der Waals surface area contributed by atoms with Crippen molar-refractivity contribution in [1.29, 1.82) is 0 Å². The summed E-state index contributed by atoms with van der Waals surface area (Å²) < 4.78 is 2.08. The van der Waals surface area contributed by atoms with Crippen LogP contribution in [0, 0.1) is 0 Å². The van der Waals surface area contributed by atoms with E-state index in [2.05, 4.69) is 38.8 Å². The number of nitrogens with one attached hydrogen (secondary N) is 1. The molecular formula is C23H27N5O. The van der Waals surface area contributed by atoms with E-state index in [1.54, 1.807) is 6.20 Å². The molecule has 4 heterocycles. The van der Waals surface area contributed by atoms with Gasteiger partial charge in [0.1, 0.15) is 11.5 Å². The van der Waals surface area contributed by atoms with Gasteiger partial charge in [0.25, 0.3) is 5.91 Å². The summed E-state index contributed by atoms with van der Waals surface area (Å²) in [4.78, 5) is 24.6. The molecule has 1 aliphatic heterocycles. The van der Waals surface area contributed by atoms with Gasteiger partial charge in [0.05, 0.1) is 5.56 Å². The molecule has 29 heavy (non-hydrogen) atoms. The number of aromatic nitrogens is 3. The second kappa shape index (κ2) is 7.50. The SMILES string of the molecule is CCn1ccc2cc(C(=O)NC3CCc4nc(N5CCCC5)ccc4C3)cnc21. The summed E-state index contributed by atoms with van der Waals surface area (Å²) in [5, 5.41) is 4.21. The molecule has 0 radical (unpaired) electrons. The molecule has 0 aromatic carbocycles. The minimum absolute atomic E-state index is 0.0428. The van der Waals surface area contributed by atoms with E-state index >= 15 is 0 Å². The van der Waals surface area contributed by atoms with Gasteiger partial charge in [0.15, 0.2) is 0 Å². The Labute approximate surface area is 171 Å². The lowest BCUT2D eigenvalue weighted by molar-refractivity contribution is 0.0933. The summed E-state index contributed by atoms with van der Waals surface area (Å²) in [6.45, 7) is 5.19. The maximum Gasteiger partial charge on any atom is 0.253 e. The van der Waals surface area contributed by atoms with Crippen LogP contribution in [-0.4, -0.2) is 39.6 Å². The molecule has 6 nitrogen and oxygen atoms in total.